The molecule has 28 heavy (non-hydrogen) atoms. The van der Waals surface area contributed by atoms with Gasteiger partial charge < -0.3 is 19.5 Å². The standard InChI is InChI=1S/C18H15BrF2N2O5/c1-26-13-5-3-11(7-15(13)28-18(20)21)22-16(24)8-23-12-4-2-10(19)6-14(12)27-9-17(23)25/h2-7,18H,8-9H2,1H3,(H,22,24). The van der Waals surface area contributed by atoms with Crippen molar-refractivity contribution in [3.63, 3.8) is 0 Å². The molecule has 1 aliphatic heterocycles. The molecule has 0 unspecified atom stereocenters. The Hall–Kier alpha value is -2.88. The fourth-order valence-corrected chi connectivity index (χ4v) is 2.98. The van der Waals surface area contributed by atoms with E-state index in [1.54, 1.807) is 18.2 Å². The molecule has 0 saturated carbocycles. The summed E-state index contributed by atoms with van der Waals surface area (Å²) in [6.07, 6.45) is 0. The first-order valence-corrected chi connectivity index (χ1v) is 8.82. The van der Waals surface area contributed by atoms with Crippen LogP contribution >= 0.6 is 15.9 Å². The lowest BCUT2D eigenvalue weighted by atomic mass is 10.2. The summed E-state index contributed by atoms with van der Waals surface area (Å²) in [5.74, 6) is -0.536. The smallest absolute Gasteiger partial charge is 0.387 e. The van der Waals surface area contributed by atoms with E-state index in [0.29, 0.717) is 11.4 Å². The van der Waals surface area contributed by atoms with Crippen molar-refractivity contribution in [3.05, 3.63) is 40.9 Å². The van der Waals surface area contributed by atoms with Gasteiger partial charge in [0.2, 0.25) is 5.91 Å². The molecule has 1 aliphatic rings. The van der Waals surface area contributed by atoms with Gasteiger partial charge in [-0.1, -0.05) is 15.9 Å². The van der Waals surface area contributed by atoms with E-state index in [9.17, 15) is 18.4 Å². The average molecular weight is 457 g/mol. The molecular formula is C18H15BrF2N2O5. The number of hydrogen-bond acceptors (Lipinski definition) is 5. The molecular weight excluding hydrogens is 442 g/mol. The number of fused-ring (bicyclic) bond motifs is 1. The number of benzene rings is 2. The lowest BCUT2D eigenvalue weighted by Crippen LogP contribution is -2.43. The summed E-state index contributed by atoms with van der Waals surface area (Å²) >= 11 is 3.32. The van der Waals surface area contributed by atoms with Crippen LogP contribution in [0.4, 0.5) is 20.2 Å². The first kappa shape index (κ1) is 19.9. The van der Waals surface area contributed by atoms with Crippen molar-refractivity contribution >= 4 is 39.1 Å². The Balaban J connectivity index is 1.75. The first-order valence-electron chi connectivity index (χ1n) is 8.03. The number of nitrogens with one attached hydrogen (secondary N) is 1. The number of ether oxygens (including phenoxy) is 3. The van der Waals surface area contributed by atoms with Crippen LogP contribution < -0.4 is 24.4 Å². The highest BCUT2D eigenvalue weighted by atomic mass is 79.9. The van der Waals surface area contributed by atoms with Gasteiger partial charge in [-0.2, -0.15) is 8.78 Å². The molecule has 0 aromatic heterocycles. The van der Waals surface area contributed by atoms with Gasteiger partial charge in [0.05, 0.1) is 12.8 Å². The number of methoxy groups -OCH3 is 1. The number of anilines is 2. The summed E-state index contributed by atoms with van der Waals surface area (Å²) < 4.78 is 40.5. The first-order chi connectivity index (χ1) is 13.4. The van der Waals surface area contributed by atoms with Crippen LogP contribution in [0, 0.1) is 0 Å². The van der Waals surface area contributed by atoms with Crippen LogP contribution in [0.2, 0.25) is 0 Å². The van der Waals surface area contributed by atoms with Crippen molar-refractivity contribution in [3.8, 4) is 17.2 Å². The number of amides is 2. The Kier molecular flexibility index (Phi) is 5.98. The Bertz CT molecular complexity index is 910. The van der Waals surface area contributed by atoms with Crippen molar-refractivity contribution < 1.29 is 32.6 Å². The van der Waals surface area contributed by atoms with Crippen molar-refractivity contribution in [2.45, 2.75) is 6.61 Å². The Morgan fingerprint density at radius 2 is 2.07 bits per heavy atom. The predicted octanol–water partition coefficient (Wildman–Crippen LogP) is 3.42. The van der Waals surface area contributed by atoms with Gasteiger partial charge in [-0.3, -0.25) is 14.5 Å². The molecule has 0 fully saturated rings. The van der Waals surface area contributed by atoms with E-state index < -0.39 is 12.5 Å². The van der Waals surface area contributed by atoms with Crippen molar-refractivity contribution in [2.24, 2.45) is 0 Å². The maximum atomic E-state index is 12.5. The summed E-state index contributed by atoms with van der Waals surface area (Å²) in [4.78, 5) is 25.9. The number of alkyl halides is 2. The van der Waals surface area contributed by atoms with Crippen LogP contribution in [0.1, 0.15) is 0 Å². The van der Waals surface area contributed by atoms with E-state index in [4.69, 9.17) is 9.47 Å². The van der Waals surface area contributed by atoms with Gasteiger partial charge in [-0.15, -0.1) is 0 Å². The fraction of sp³-hybridized carbons (Fsp3) is 0.222. The molecule has 2 amide bonds. The van der Waals surface area contributed by atoms with E-state index in [-0.39, 0.29) is 36.2 Å². The van der Waals surface area contributed by atoms with Crippen LogP contribution in [-0.2, 0) is 9.59 Å². The number of carbonyl (C=O) groups is 2. The molecule has 0 atom stereocenters. The topological polar surface area (TPSA) is 77.1 Å². The SMILES string of the molecule is COc1ccc(NC(=O)CN2C(=O)COc3cc(Br)ccc32)cc1OC(F)F. The third-order valence-electron chi connectivity index (χ3n) is 3.83. The van der Waals surface area contributed by atoms with Gasteiger partial charge in [0.25, 0.3) is 5.91 Å². The predicted molar refractivity (Wildman–Crippen MR) is 100 cm³/mol. The highest BCUT2D eigenvalue weighted by Crippen LogP contribution is 2.35. The van der Waals surface area contributed by atoms with E-state index in [1.165, 1.54) is 30.2 Å². The van der Waals surface area contributed by atoms with Crippen LogP contribution in [0.25, 0.3) is 0 Å². The molecule has 7 nitrogen and oxygen atoms in total. The number of halogens is 3. The maximum absolute atomic E-state index is 12.5. The lowest BCUT2D eigenvalue weighted by Gasteiger charge is -2.29. The molecule has 3 rings (SSSR count). The van der Waals surface area contributed by atoms with Gasteiger partial charge in [0, 0.05) is 16.2 Å². The van der Waals surface area contributed by atoms with E-state index in [0.717, 1.165) is 4.47 Å². The Morgan fingerprint density at radius 1 is 1.29 bits per heavy atom. The van der Waals surface area contributed by atoms with Crippen LogP contribution in [0.3, 0.4) is 0 Å². The van der Waals surface area contributed by atoms with Crippen molar-refractivity contribution in [1.82, 2.24) is 0 Å². The zero-order valence-corrected chi connectivity index (χ0v) is 16.2. The largest absolute Gasteiger partial charge is 0.493 e. The zero-order valence-electron chi connectivity index (χ0n) is 14.6. The second-order valence-electron chi connectivity index (χ2n) is 5.67. The molecule has 0 aliphatic carbocycles. The van der Waals surface area contributed by atoms with Gasteiger partial charge in [-0.05, 0) is 30.3 Å². The third kappa shape index (κ3) is 4.50. The summed E-state index contributed by atoms with van der Waals surface area (Å²) in [5, 5.41) is 2.55. The van der Waals surface area contributed by atoms with Gasteiger partial charge in [0.15, 0.2) is 18.1 Å². The molecule has 148 valence electrons. The van der Waals surface area contributed by atoms with Crippen LogP contribution in [0.15, 0.2) is 40.9 Å². The monoisotopic (exact) mass is 456 g/mol. The van der Waals surface area contributed by atoms with Gasteiger partial charge in [0.1, 0.15) is 12.3 Å². The van der Waals surface area contributed by atoms with Crippen molar-refractivity contribution in [1.29, 1.82) is 0 Å². The minimum Gasteiger partial charge on any atom is -0.493 e. The fourth-order valence-electron chi connectivity index (χ4n) is 2.64. The second kappa shape index (κ2) is 8.42. The number of nitrogens with zero attached hydrogens (tertiary/aromatic N) is 1. The average Bonchev–Trinajstić information content (AvgIpc) is 2.64. The summed E-state index contributed by atoms with van der Waals surface area (Å²) in [6.45, 7) is -3.50. The van der Waals surface area contributed by atoms with E-state index in [2.05, 4.69) is 26.0 Å². The molecule has 0 spiro atoms. The van der Waals surface area contributed by atoms with E-state index in [1.807, 2.05) is 0 Å². The van der Waals surface area contributed by atoms with Gasteiger partial charge in [-0.25, -0.2) is 0 Å². The lowest BCUT2D eigenvalue weighted by molar-refractivity contribution is -0.123. The normalized spacial score (nSPS) is 13.0. The quantitative estimate of drug-likeness (QED) is 0.720. The zero-order chi connectivity index (χ0) is 20.3. The second-order valence-corrected chi connectivity index (χ2v) is 6.59. The highest BCUT2D eigenvalue weighted by Gasteiger charge is 2.27. The van der Waals surface area contributed by atoms with E-state index >= 15 is 0 Å². The molecule has 0 radical (unpaired) electrons. The summed E-state index contributed by atoms with van der Waals surface area (Å²) in [6, 6.07) is 9.16. The molecule has 10 heteroatoms. The van der Waals surface area contributed by atoms with Gasteiger partial charge >= 0.3 is 6.61 Å². The van der Waals surface area contributed by atoms with Crippen molar-refractivity contribution in [2.75, 3.05) is 30.5 Å². The number of carbonyl (C=O) groups excluding carboxylic acids is 2. The Labute approximate surface area is 167 Å². The number of rotatable bonds is 6. The third-order valence-corrected chi connectivity index (χ3v) is 4.32. The maximum Gasteiger partial charge on any atom is 0.387 e. The Morgan fingerprint density at radius 3 is 2.79 bits per heavy atom. The molecule has 1 heterocycles. The molecule has 0 saturated heterocycles. The minimum atomic E-state index is -3.04. The molecule has 2 aromatic rings. The van der Waals surface area contributed by atoms with Crippen LogP contribution in [-0.4, -0.2) is 38.7 Å². The summed E-state index contributed by atoms with van der Waals surface area (Å²) in [5.41, 5.74) is 0.684. The highest BCUT2D eigenvalue weighted by molar-refractivity contribution is 9.10. The molecule has 2 aromatic carbocycles. The summed E-state index contributed by atoms with van der Waals surface area (Å²) in [7, 11) is 1.31. The van der Waals surface area contributed by atoms with Crippen LogP contribution in [0.5, 0.6) is 17.2 Å². The minimum absolute atomic E-state index is 0.0983. The molecule has 1 N–H and O–H groups in total. The number of hydrogen-bond donors (Lipinski definition) is 1. The molecule has 0 bridgehead atoms.